The number of rotatable bonds is 3. The molecule has 2 aromatic rings. The lowest BCUT2D eigenvalue weighted by Crippen LogP contribution is -2.31. The van der Waals surface area contributed by atoms with Crippen LogP contribution < -0.4 is 16.4 Å². The molecule has 0 aliphatic rings. The van der Waals surface area contributed by atoms with Crippen LogP contribution in [0, 0.1) is 18.3 Å². The van der Waals surface area contributed by atoms with Gasteiger partial charge < -0.3 is 4.57 Å². The lowest BCUT2D eigenvalue weighted by atomic mass is 10.2. The van der Waals surface area contributed by atoms with Crippen LogP contribution >= 0.6 is 0 Å². The molecule has 106 valence electrons. The highest BCUT2D eigenvalue weighted by Crippen LogP contribution is 2.08. The van der Waals surface area contributed by atoms with Crippen molar-refractivity contribution in [3.63, 3.8) is 0 Å². The van der Waals surface area contributed by atoms with E-state index in [1.54, 1.807) is 38.2 Å². The zero-order valence-electron chi connectivity index (χ0n) is 11.7. The molecular formula is C15H14N4O2. The summed E-state index contributed by atoms with van der Waals surface area (Å²) in [6.07, 6.45) is 1.47. The number of nitrogens with zero attached hydrogens (tertiary/aromatic N) is 2. The minimum Gasteiger partial charge on any atom is -0.318 e. The maximum Gasteiger partial charge on any atom is 0.271 e. The van der Waals surface area contributed by atoms with E-state index in [0.29, 0.717) is 22.4 Å². The van der Waals surface area contributed by atoms with Crippen LogP contribution in [-0.4, -0.2) is 10.5 Å². The predicted octanol–water partition coefficient (Wildman–Crippen LogP) is 1.32. The molecule has 1 heterocycles. The van der Waals surface area contributed by atoms with Gasteiger partial charge >= 0.3 is 0 Å². The van der Waals surface area contributed by atoms with Crippen LogP contribution in [0.4, 0.5) is 5.69 Å². The molecule has 0 spiro atoms. The van der Waals surface area contributed by atoms with E-state index >= 15 is 0 Å². The van der Waals surface area contributed by atoms with Crippen LogP contribution in [0.15, 0.2) is 41.3 Å². The standard InChI is InChI=1S/C15H14N4O2/c1-10-6-12(9-19(2)15(10)21)14(20)18-17-13-5-3-4-11(7-13)8-16/h3-7,9,17H,1-2H3,(H,18,20). The topological polar surface area (TPSA) is 86.9 Å². The summed E-state index contributed by atoms with van der Waals surface area (Å²) in [5.74, 6) is -0.365. The minimum atomic E-state index is -0.365. The molecule has 6 nitrogen and oxygen atoms in total. The lowest BCUT2D eigenvalue weighted by Gasteiger charge is -2.10. The molecular weight excluding hydrogens is 268 g/mol. The van der Waals surface area contributed by atoms with Crippen LogP contribution in [-0.2, 0) is 7.05 Å². The highest BCUT2D eigenvalue weighted by Gasteiger charge is 2.08. The SMILES string of the molecule is Cc1cc(C(=O)NNc2cccc(C#N)c2)cn(C)c1=O. The summed E-state index contributed by atoms with van der Waals surface area (Å²) >= 11 is 0. The Balaban J connectivity index is 2.12. The van der Waals surface area contributed by atoms with Crippen molar-refractivity contribution >= 4 is 11.6 Å². The van der Waals surface area contributed by atoms with Gasteiger partial charge in [0, 0.05) is 18.8 Å². The summed E-state index contributed by atoms with van der Waals surface area (Å²) in [4.78, 5) is 23.6. The molecule has 0 saturated heterocycles. The fourth-order valence-corrected chi connectivity index (χ4v) is 1.87. The van der Waals surface area contributed by atoms with E-state index in [4.69, 9.17) is 5.26 Å². The fourth-order valence-electron chi connectivity index (χ4n) is 1.87. The molecule has 0 unspecified atom stereocenters. The summed E-state index contributed by atoms with van der Waals surface area (Å²) in [6, 6.07) is 10.3. The summed E-state index contributed by atoms with van der Waals surface area (Å²) < 4.78 is 1.36. The number of nitrogens with one attached hydrogen (secondary N) is 2. The van der Waals surface area contributed by atoms with Crippen LogP contribution in [0.3, 0.4) is 0 Å². The first-order chi connectivity index (χ1) is 10.0. The van der Waals surface area contributed by atoms with Gasteiger partial charge in [-0.25, -0.2) is 0 Å². The number of pyridine rings is 1. The monoisotopic (exact) mass is 282 g/mol. The predicted molar refractivity (Wildman–Crippen MR) is 78.7 cm³/mol. The normalized spacial score (nSPS) is 9.76. The van der Waals surface area contributed by atoms with E-state index in [9.17, 15) is 9.59 Å². The Morgan fingerprint density at radius 2 is 2.10 bits per heavy atom. The van der Waals surface area contributed by atoms with Crippen LogP contribution in [0.1, 0.15) is 21.5 Å². The van der Waals surface area contributed by atoms with Crippen molar-refractivity contribution in [3.8, 4) is 6.07 Å². The largest absolute Gasteiger partial charge is 0.318 e. The third-order valence-corrected chi connectivity index (χ3v) is 2.94. The Labute approximate surface area is 121 Å². The number of aryl methyl sites for hydroxylation is 2. The second kappa shape index (κ2) is 5.92. The second-order valence-electron chi connectivity index (χ2n) is 4.60. The lowest BCUT2D eigenvalue weighted by molar-refractivity contribution is 0.0961. The van der Waals surface area contributed by atoms with Gasteiger partial charge in [0.05, 0.1) is 22.9 Å². The van der Waals surface area contributed by atoms with Crippen LogP contribution in [0.25, 0.3) is 0 Å². The molecule has 0 atom stereocenters. The molecule has 2 rings (SSSR count). The first-order valence-corrected chi connectivity index (χ1v) is 6.25. The van der Waals surface area contributed by atoms with Gasteiger partial charge in [-0.3, -0.25) is 20.4 Å². The van der Waals surface area contributed by atoms with Gasteiger partial charge in [-0.15, -0.1) is 0 Å². The van der Waals surface area contributed by atoms with Crippen LogP contribution in [0.2, 0.25) is 0 Å². The molecule has 1 aromatic carbocycles. The summed E-state index contributed by atoms with van der Waals surface area (Å²) in [7, 11) is 1.59. The number of hydrogen-bond donors (Lipinski definition) is 2. The van der Waals surface area contributed by atoms with Crippen molar-refractivity contribution < 1.29 is 4.79 Å². The molecule has 0 aliphatic heterocycles. The number of carbonyl (C=O) groups is 1. The van der Waals surface area contributed by atoms with Crippen molar-refractivity contribution in [1.29, 1.82) is 5.26 Å². The molecule has 0 radical (unpaired) electrons. The Kier molecular flexibility index (Phi) is 4.05. The molecule has 2 N–H and O–H groups in total. The average molecular weight is 282 g/mol. The van der Waals surface area contributed by atoms with E-state index in [2.05, 4.69) is 10.9 Å². The van der Waals surface area contributed by atoms with Gasteiger partial charge in [-0.1, -0.05) is 6.07 Å². The number of hydrazine groups is 1. The Hall–Kier alpha value is -3.07. The minimum absolute atomic E-state index is 0.138. The van der Waals surface area contributed by atoms with Gasteiger partial charge in [0.2, 0.25) is 0 Å². The number of amides is 1. The maximum atomic E-state index is 12.0. The average Bonchev–Trinajstić information content (AvgIpc) is 2.50. The van der Waals surface area contributed by atoms with E-state index < -0.39 is 0 Å². The molecule has 0 saturated carbocycles. The van der Waals surface area contributed by atoms with Gasteiger partial charge in [-0.05, 0) is 31.2 Å². The second-order valence-corrected chi connectivity index (χ2v) is 4.60. The third-order valence-electron chi connectivity index (χ3n) is 2.94. The molecule has 0 aliphatic carbocycles. The number of hydrogen-bond acceptors (Lipinski definition) is 4. The van der Waals surface area contributed by atoms with Gasteiger partial charge in [0.1, 0.15) is 0 Å². The number of carbonyl (C=O) groups excluding carboxylic acids is 1. The van der Waals surface area contributed by atoms with Crippen molar-refractivity contribution in [2.24, 2.45) is 7.05 Å². The van der Waals surface area contributed by atoms with E-state index in [-0.39, 0.29) is 11.5 Å². The smallest absolute Gasteiger partial charge is 0.271 e. The first kappa shape index (κ1) is 14.3. The maximum absolute atomic E-state index is 12.0. The Morgan fingerprint density at radius 1 is 1.33 bits per heavy atom. The molecule has 1 amide bonds. The molecule has 0 bridgehead atoms. The van der Waals surface area contributed by atoms with E-state index in [1.807, 2.05) is 6.07 Å². The quantitative estimate of drug-likeness (QED) is 0.831. The number of aromatic nitrogens is 1. The summed E-state index contributed by atoms with van der Waals surface area (Å²) in [6.45, 7) is 1.66. The van der Waals surface area contributed by atoms with Crippen molar-refractivity contribution in [3.05, 3.63) is 63.6 Å². The number of nitriles is 1. The van der Waals surface area contributed by atoms with Gasteiger partial charge in [0.25, 0.3) is 11.5 Å². The van der Waals surface area contributed by atoms with Crippen LogP contribution in [0.5, 0.6) is 0 Å². The van der Waals surface area contributed by atoms with Crippen molar-refractivity contribution in [2.75, 3.05) is 5.43 Å². The van der Waals surface area contributed by atoms with Crippen molar-refractivity contribution in [1.82, 2.24) is 9.99 Å². The molecule has 6 heteroatoms. The van der Waals surface area contributed by atoms with E-state index in [0.717, 1.165) is 0 Å². The Bertz CT molecular complexity index is 761. The highest BCUT2D eigenvalue weighted by atomic mass is 16.2. The molecule has 1 aromatic heterocycles. The summed E-state index contributed by atoms with van der Waals surface area (Å²) in [5.41, 5.74) is 7.09. The highest BCUT2D eigenvalue weighted by molar-refractivity contribution is 5.94. The summed E-state index contributed by atoms with van der Waals surface area (Å²) in [5, 5.41) is 8.81. The molecule has 21 heavy (non-hydrogen) atoms. The molecule has 0 fully saturated rings. The van der Waals surface area contributed by atoms with Gasteiger partial charge in [0.15, 0.2) is 0 Å². The Morgan fingerprint density at radius 3 is 2.76 bits per heavy atom. The van der Waals surface area contributed by atoms with E-state index in [1.165, 1.54) is 16.8 Å². The zero-order chi connectivity index (χ0) is 15.4. The fraction of sp³-hybridized carbons (Fsp3) is 0.133. The van der Waals surface area contributed by atoms with Crippen molar-refractivity contribution in [2.45, 2.75) is 6.92 Å². The first-order valence-electron chi connectivity index (χ1n) is 6.25. The number of anilines is 1. The van der Waals surface area contributed by atoms with Gasteiger partial charge in [-0.2, -0.15) is 5.26 Å². The zero-order valence-corrected chi connectivity index (χ0v) is 11.7. The third kappa shape index (κ3) is 3.28. The number of benzene rings is 1.